The Morgan fingerprint density at radius 2 is 1.88 bits per heavy atom. The van der Waals surface area contributed by atoms with Crippen molar-refractivity contribution in [2.24, 2.45) is 23.2 Å². The van der Waals surface area contributed by atoms with Crippen LogP contribution in [0.25, 0.3) is 10.8 Å². The van der Waals surface area contributed by atoms with Crippen molar-refractivity contribution < 1.29 is 28.5 Å². The number of nitrogens with one attached hydrogen (secondary N) is 4. The van der Waals surface area contributed by atoms with E-state index in [1.54, 1.807) is 12.2 Å². The first-order chi connectivity index (χ1) is 23.3. The fourth-order valence-electron chi connectivity index (χ4n) is 7.96. The normalized spacial score (nSPS) is 25.1. The van der Waals surface area contributed by atoms with Gasteiger partial charge in [-0.05, 0) is 91.2 Å². The molecular formula is C37H53BN5O6+. The average molecular weight is 675 g/mol. The summed E-state index contributed by atoms with van der Waals surface area (Å²) < 4.78 is 19.2. The Bertz CT molecular complexity index is 1560. The van der Waals surface area contributed by atoms with Crippen LogP contribution in [0.1, 0.15) is 66.7 Å². The molecule has 0 spiro atoms. The molecule has 4 fully saturated rings. The summed E-state index contributed by atoms with van der Waals surface area (Å²) in [6.07, 6.45) is 6.83. The maximum absolute atomic E-state index is 14.0. The third-order valence-corrected chi connectivity index (χ3v) is 10.6. The van der Waals surface area contributed by atoms with Crippen LogP contribution in [-0.2, 0) is 18.9 Å². The quantitative estimate of drug-likeness (QED) is 0.0619. The number of carbonyl (C=O) groups is 2. The van der Waals surface area contributed by atoms with Gasteiger partial charge in [0.25, 0.3) is 5.91 Å². The molecule has 264 valence electrons. The number of rotatable bonds is 17. The number of hydrazine groups is 1. The first-order valence-electron chi connectivity index (χ1n) is 17.6. The van der Waals surface area contributed by atoms with Crippen LogP contribution in [0.2, 0.25) is 0 Å². The Balaban J connectivity index is 1.25. The largest absolute Gasteiger partial charge is 0.484 e. The molecular weight excluding hydrogens is 621 g/mol. The number of hydrogen-bond acceptors (Lipinski definition) is 7. The summed E-state index contributed by atoms with van der Waals surface area (Å²) in [5.41, 5.74) is 2.45. The van der Waals surface area contributed by atoms with E-state index in [2.05, 4.69) is 62.6 Å². The van der Waals surface area contributed by atoms with Crippen LogP contribution in [0, 0.1) is 28.1 Å². The number of nitroso groups, excluding NO2 is 1. The van der Waals surface area contributed by atoms with Gasteiger partial charge in [-0.2, -0.15) is 0 Å². The van der Waals surface area contributed by atoms with Gasteiger partial charge in [0.2, 0.25) is 13.0 Å². The van der Waals surface area contributed by atoms with Crippen LogP contribution < -0.4 is 26.1 Å². The Morgan fingerprint density at radius 1 is 1.12 bits per heavy atom. The summed E-state index contributed by atoms with van der Waals surface area (Å²) in [6, 6.07) is 12.8. The van der Waals surface area contributed by atoms with Crippen molar-refractivity contribution >= 4 is 29.7 Å². The van der Waals surface area contributed by atoms with Crippen LogP contribution in [0.3, 0.4) is 0 Å². The molecule has 1 aliphatic heterocycles. The highest BCUT2D eigenvalue weighted by Gasteiger charge is 2.68. The van der Waals surface area contributed by atoms with E-state index in [0.717, 1.165) is 23.6 Å². The van der Waals surface area contributed by atoms with Crippen LogP contribution in [0.4, 0.5) is 0 Å². The van der Waals surface area contributed by atoms with Crippen LogP contribution in [0.15, 0.2) is 67.0 Å². The van der Waals surface area contributed by atoms with Gasteiger partial charge in [-0.15, -0.1) is 5.43 Å². The predicted octanol–water partition coefficient (Wildman–Crippen LogP) is 4.81. The minimum absolute atomic E-state index is 0.00531. The molecule has 12 heteroatoms. The van der Waals surface area contributed by atoms with E-state index in [-0.39, 0.29) is 35.9 Å². The van der Waals surface area contributed by atoms with Crippen molar-refractivity contribution in [3.8, 4) is 5.75 Å². The maximum atomic E-state index is 14.0. The number of nitrogens with zero attached hydrogens (tertiary/aromatic N) is 1. The van der Waals surface area contributed by atoms with E-state index < -0.39 is 24.7 Å². The van der Waals surface area contributed by atoms with Crippen molar-refractivity contribution in [3.63, 3.8) is 0 Å². The molecule has 2 amide bonds. The zero-order valence-corrected chi connectivity index (χ0v) is 29.8. The van der Waals surface area contributed by atoms with E-state index in [1.165, 1.54) is 7.05 Å². The van der Waals surface area contributed by atoms with Gasteiger partial charge in [-0.1, -0.05) is 70.7 Å². The van der Waals surface area contributed by atoms with Crippen LogP contribution in [-0.4, -0.2) is 67.7 Å². The van der Waals surface area contributed by atoms with Crippen molar-refractivity contribution in [1.29, 1.82) is 0 Å². The van der Waals surface area contributed by atoms with Crippen LogP contribution in [0.5, 0.6) is 5.75 Å². The number of ether oxygens (including phenoxy) is 1. The summed E-state index contributed by atoms with van der Waals surface area (Å²) >= 11 is 0. The molecule has 49 heavy (non-hydrogen) atoms. The number of allylic oxidation sites excluding steroid dienone is 2. The Labute approximate surface area is 290 Å². The summed E-state index contributed by atoms with van der Waals surface area (Å²) in [5.74, 6) is 1.24. The summed E-state index contributed by atoms with van der Waals surface area (Å²) in [6.45, 7) is 14.9. The lowest BCUT2D eigenvalue weighted by Gasteiger charge is -2.64. The predicted molar refractivity (Wildman–Crippen MR) is 191 cm³/mol. The molecule has 2 bridgehead atoms. The number of carbonyl (C=O) groups excluding carboxylic acids is 2. The molecule has 6 rings (SSSR count). The highest BCUT2D eigenvalue weighted by Crippen LogP contribution is 2.65. The number of amides is 2. The first-order valence-corrected chi connectivity index (χ1v) is 17.6. The molecule has 6 atom stereocenters. The molecule has 4 N–H and O–H groups in total. The number of benzene rings is 2. The van der Waals surface area contributed by atoms with E-state index in [1.807, 2.05) is 42.5 Å². The molecule has 3 aliphatic carbocycles. The van der Waals surface area contributed by atoms with E-state index in [4.69, 9.17) is 14.0 Å². The topological polar surface area (TPSA) is 130 Å². The van der Waals surface area contributed by atoms with E-state index in [9.17, 15) is 14.5 Å². The second-order valence-corrected chi connectivity index (χ2v) is 15.0. The van der Waals surface area contributed by atoms with Crippen molar-refractivity contribution in [2.75, 3.05) is 20.2 Å². The van der Waals surface area contributed by atoms with E-state index in [0.29, 0.717) is 54.1 Å². The molecule has 0 radical (unpaired) electrons. The first kappa shape index (κ1) is 36.4. The maximum Gasteiger partial charge on any atom is 0.481 e. The molecule has 2 aromatic carbocycles. The van der Waals surface area contributed by atoms with Gasteiger partial charge in [0, 0.05) is 6.54 Å². The fourth-order valence-corrected chi connectivity index (χ4v) is 7.96. The van der Waals surface area contributed by atoms with Crippen LogP contribution >= 0.6 is 0 Å². The fraction of sp³-hybridized carbons (Fsp3) is 0.568. The van der Waals surface area contributed by atoms with Gasteiger partial charge in [-0.3, -0.25) is 9.59 Å². The number of fused-ring (bicyclic) bond motifs is 1. The molecule has 0 aromatic heterocycles. The zero-order valence-electron chi connectivity index (χ0n) is 29.8. The highest BCUT2D eigenvalue weighted by molar-refractivity contribution is 6.48. The zero-order chi connectivity index (χ0) is 35.3. The average Bonchev–Trinajstić information content (AvgIpc) is 3.41. The third-order valence-electron chi connectivity index (χ3n) is 10.6. The minimum atomic E-state index is -0.836. The Hall–Kier alpha value is -3.90. The number of hydrogen-bond donors (Lipinski definition) is 4. The second kappa shape index (κ2) is 15.3. The van der Waals surface area contributed by atoms with Crippen molar-refractivity contribution in [1.82, 2.24) is 21.4 Å². The van der Waals surface area contributed by atoms with Gasteiger partial charge in [0.05, 0.1) is 22.6 Å². The second-order valence-electron chi connectivity index (χ2n) is 15.0. The molecule has 1 saturated heterocycles. The minimum Gasteiger partial charge on any atom is -0.484 e. The van der Waals surface area contributed by atoms with Crippen molar-refractivity contribution in [2.45, 2.75) is 90.4 Å². The Morgan fingerprint density at radius 3 is 2.57 bits per heavy atom. The van der Waals surface area contributed by atoms with Gasteiger partial charge >= 0.3 is 7.12 Å². The SMILES string of the molecule is C=C/C=C(\NCCC[C@H](NC(=O)COc1ccc2ccccc2c1)C(=O)N[C@@H](CC(C)C)B1O[C@@H]2C[C@@H]3C[C@@H](C3(C)C)[C@]2(C)O1)N[N+](C)=O. The summed E-state index contributed by atoms with van der Waals surface area (Å²) in [5, 5.41) is 11.4. The van der Waals surface area contributed by atoms with E-state index >= 15 is 0 Å². The monoisotopic (exact) mass is 674 g/mol. The molecule has 2 aromatic rings. The van der Waals surface area contributed by atoms with Gasteiger partial charge in [0.15, 0.2) is 12.4 Å². The summed E-state index contributed by atoms with van der Waals surface area (Å²) in [7, 11) is 0.770. The highest BCUT2D eigenvalue weighted by atomic mass is 16.7. The molecule has 0 unspecified atom stereocenters. The molecule has 4 aliphatic rings. The standard InChI is InChI=1S/C37H52BN5O6/c1-8-12-33(42-43(7)46)39-18-11-15-29(40-34(44)23-47-28-17-16-25-13-9-10-14-26(25)20-28)35(45)41-32(19-24(2)3)38-48-31-22-27-21-30(36(27,4)5)37(31,6)49-38/h8-10,12-14,16-17,20,24,27,29-32,39H,1,11,15,18-19,21-23H2,2-7H3,(H2-,40,41,42,44,45,46)/p+1/b33-12+/t27-,29-,30-,31+,32-,37-/m0/s1. The lowest BCUT2D eigenvalue weighted by molar-refractivity contribution is -0.573. The van der Waals surface area contributed by atoms with Gasteiger partial charge in [-0.25, -0.2) is 0 Å². The lowest BCUT2D eigenvalue weighted by Crippen LogP contribution is -2.65. The third kappa shape index (κ3) is 8.47. The van der Waals surface area contributed by atoms with Gasteiger partial charge in [0.1, 0.15) is 16.7 Å². The summed E-state index contributed by atoms with van der Waals surface area (Å²) in [4.78, 5) is 39.3. The smallest absolute Gasteiger partial charge is 0.481 e. The lowest BCUT2D eigenvalue weighted by atomic mass is 9.43. The molecule has 3 saturated carbocycles. The van der Waals surface area contributed by atoms with Gasteiger partial charge < -0.3 is 30.0 Å². The molecule has 11 nitrogen and oxygen atoms in total. The van der Waals surface area contributed by atoms with Crippen molar-refractivity contribution in [3.05, 3.63) is 71.9 Å². The Kier molecular flexibility index (Phi) is 11.4. The molecule has 1 heterocycles.